The molecule has 3 aliphatic carbocycles. The number of aromatic hydroxyl groups is 1. The molecular weight excluding hydrogens is 396 g/mol. The van der Waals surface area contributed by atoms with Crippen LogP contribution in [0.1, 0.15) is 30.4 Å². The average Bonchev–Trinajstić information content (AvgIpc) is 2.67. The van der Waals surface area contributed by atoms with Crippen molar-refractivity contribution in [3.8, 4) is 5.75 Å². The SMILES string of the molecule is C[C@@H]1c2ccc(N)c(O)c2C(O)=C2C(=O)[C@]3(O)C(O)=C(C(N)=O)C(=O)CC3[C@@H](O)C21. The van der Waals surface area contributed by atoms with Gasteiger partial charge in [0.05, 0.1) is 17.4 Å². The Morgan fingerprint density at radius 3 is 2.43 bits per heavy atom. The normalized spacial score (nSPS) is 33.2. The van der Waals surface area contributed by atoms with Crippen LogP contribution in [0.15, 0.2) is 29.0 Å². The van der Waals surface area contributed by atoms with Crippen molar-refractivity contribution in [3.05, 3.63) is 40.2 Å². The molecule has 2 unspecified atom stereocenters. The number of rotatable bonds is 1. The highest BCUT2D eigenvalue weighted by Crippen LogP contribution is 2.55. The van der Waals surface area contributed by atoms with Crippen molar-refractivity contribution >= 4 is 28.9 Å². The molecule has 0 saturated heterocycles. The van der Waals surface area contributed by atoms with Crippen molar-refractivity contribution in [1.82, 2.24) is 0 Å². The summed E-state index contributed by atoms with van der Waals surface area (Å²) in [5, 5.41) is 53.9. The molecule has 3 aliphatic rings. The van der Waals surface area contributed by atoms with Crippen LogP contribution in [-0.4, -0.2) is 54.7 Å². The Balaban J connectivity index is 2.03. The van der Waals surface area contributed by atoms with Crippen LogP contribution in [-0.2, 0) is 14.4 Å². The van der Waals surface area contributed by atoms with E-state index in [0.29, 0.717) is 5.56 Å². The van der Waals surface area contributed by atoms with Gasteiger partial charge in [-0.1, -0.05) is 13.0 Å². The molecule has 158 valence electrons. The molecule has 0 spiro atoms. The molecule has 1 aromatic rings. The topological polar surface area (TPSA) is 204 Å². The molecule has 0 heterocycles. The third-order valence-electron chi connectivity index (χ3n) is 6.53. The summed E-state index contributed by atoms with van der Waals surface area (Å²) < 4.78 is 0. The maximum atomic E-state index is 13.4. The van der Waals surface area contributed by atoms with Crippen molar-refractivity contribution in [2.24, 2.45) is 17.6 Å². The average molecular weight is 416 g/mol. The monoisotopic (exact) mass is 416 g/mol. The highest BCUT2D eigenvalue weighted by atomic mass is 16.4. The second kappa shape index (κ2) is 6.07. The van der Waals surface area contributed by atoms with Crippen molar-refractivity contribution in [2.75, 3.05) is 5.73 Å². The highest BCUT2D eigenvalue weighted by Gasteiger charge is 2.64. The van der Waals surface area contributed by atoms with Gasteiger partial charge in [-0.05, 0) is 17.5 Å². The molecule has 0 aromatic heterocycles. The minimum Gasteiger partial charge on any atom is -0.508 e. The lowest BCUT2D eigenvalue weighted by molar-refractivity contribution is -0.160. The number of aliphatic hydroxyl groups excluding tert-OH is 3. The maximum Gasteiger partial charge on any atom is 0.255 e. The first-order valence-corrected chi connectivity index (χ1v) is 9.21. The minimum atomic E-state index is -2.84. The summed E-state index contributed by atoms with van der Waals surface area (Å²) in [4.78, 5) is 37.3. The smallest absolute Gasteiger partial charge is 0.255 e. The number of carbonyl (C=O) groups is 3. The van der Waals surface area contributed by atoms with Gasteiger partial charge in [0, 0.05) is 23.8 Å². The first kappa shape index (κ1) is 19.9. The molecule has 0 aliphatic heterocycles. The second-order valence-corrected chi connectivity index (χ2v) is 7.95. The molecule has 30 heavy (non-hydrogen) atoms. The molecule has 0 radical (unpaired) electrons. The Kier molecular flexibility index (Phi) is 4.03. The van der Waals surface area contributed by atoms with Crippen LogP contribution in [0, 0.1) is 11.8 Å². The maximum absolute atomic E-state index is 13.4. The largest absolute Gasteiger partial charge is 0.508 e. The third kappa shape index (κ3) is 2.17. The fourth-order valence-corrected chi connectivity index (χ4v) is 5.01. The van der Waals surface area contributed by atoms with Gasteiger partial charge in [-0.15, -0.1) is 0 Å². The van der Waals surface area contributed by atoms with Gasteiger partial charge in [-0.25, -0.2) is 0 Å². The number of amides is 1. The molecular formula is C20H20N2O8. The van der Waals surface area contributed by atoms with Gasteiger partial charge >= 0.3 is 0 Å². The first-order chi connectivity index (χ1) is 13.9. The molecule has 10 nitrogen and oxygen atoms in total. The molecule has 1 amide bonds. The summed E-state index contributed by atoms with van der Waals surface area (Å²) in [5.41, 5.74) is 6.83. The number of aliphatic hydroxyl groups is 4. The number of hydrogen-bond acceptors (Lipinski definition) is 9. The van der Waals surface area contributed by atoms with Crippen molar-refractivity contribution < 1.29 is 39.9 Å². The Bertz CT molecular complexity index is 1100. The minimum absolute atomic E-state index is 0.0611. The van der Waals surface area contributed by atoms with E-state index >= 15 is 0 Å². The number of fused-ring (bicyclic) bond motifs is 3. The number of hydrogen-bond donors (Lipinski definition) is 7. The van der Waals surface area contributed by atoms with E-state index < -0.39 is 81.8 Å². The lowest BCUT2D eigenvalue weighted by Crippen LogP contribution is -2.63. The molecule has 9 N–H and O–H groups in total. The van der Waals surface area contributed by atoms with Crippen LogP contribution in [0.25, 0.3) is 5.76 Å². The molecule has 1 fully saturated rings. The van der Waals surface area contributed by atoms with Crippen molar-refractivity contribution in [3.63, 3.8) is 0 Å². The number of benzene rings is 1. The summed E-state index contributed by atoms with van der Waals surface area (Å²) >= 11 is 0. The highest BCUT2D eigenvalue weighted by molar-refractivity contribution is 6.23. The standard InChI is InChI=1S/C20H20N2O8/c1-5-6-2-3-8(21)15(25)11(6)16(26)13-10(5)14(24)7-4-9(23)12(19(22)29)17(27)20(7,30)18(13)28/h2-3,5,7,10,14,24-27,30H,4,21H2,1H3,(H2,22,29)/t5-,7?,10?,14-,20-/m1/s1. The van der Waals surface area contributed by atoms with E-state index in [1.165, 1.54) is 12.1 Å². The summed E-state index contributed by atoms with van der Waals surface area (Å²) in [6, 6.07) is 2.95. The Hall–Kier alpha value is -3.37. The lowest BCUT2D eigenvalue weighted by Gasteiger charge is -2.50. The van der Waals surface area contributed by atoms with E-state index in [1.807, 2.05) is 0 Å². The molecule has 4 rings (SSSR count). The van der Waals surface area contributed by atoms with Crippen LogP contribution in [0.2, 0.25) is 0 Å². The number of anilines is 1. The summed E-state index contributed by atoms with van der Waals surface area (Å²) in [7, 11) is 0. The van der Waals surface area contributed by atoms with E-state index in [1.54, 1.807) is 6.92 Å². The van der Waals surface area contributed by atoms with E-state index in [4.69, 9.17) is 11.5 Å². The fraction of sp³-hybridized carbons (Fsp3) is 0.350. The third-order valence-corrected chi connectivity index (χ3v) is 6.53. The molecule has 10 heteroatoms. The molecule has 1 saturated carbocycles. The van der Waals surface area contributed by atoms with Gasteiger partial charge in [0.1, 0.15) is 22.8 Å². The van der Waals surface area contributed by atoms with E-state index in [9.17, 15) is 39.9 Å². The fourth-order valence-electron chi connectivity index (χ4n) is 5.01. The summed E-state index contributed by atoms with van der Waals surface area (Å²) in [5.74, 6) is -9.01. The van der Waals surface area contributed by atoms with Gasteiger partial charge in [-0.3, -0.25) is 14.4 Å². The second-order valence-electron chi connectivity index (χ2n) is 7.95. The number of Topliss-reactive ketones (excluding diaryl/α,β-unsaturated/α-hetero) is 2. The zero-order valence-electron chi connectivity index (χ0n) is 15.8. The van der Waals surface area contributed by atoms with Crippen LogP contribution < -0.4 is 11.5 Å². The van der Waals surface area contributed by atoms with Gasteiger partial charge in [-0.2, -0.15) is 0 Å². The molecule has 5 atom stereocenters. The number of carbonyl (C=O) groups excluding carboxylic acids is 3. The van der Waals surface area contributed by atoms with Crippen LogP contribution in [0.5, 0.6) is 5.75 Å². The van der Waals surface area contributed by atoms with Crippen molar-refractivity contribution in [2.45, 2.75) is 31.0 Å². The number of nitrogen functional groups attached to an aromatic ring is 1. The molecule has 1 aromatic carbocycles. The lowest BCUT2D eigenvalue weighted by atomic mass is 9.55. The van der Waals surface area contributed by atoms with Gasteiger partial charge in [0.25, 0.3) is 5.91 Å². The summed E-state index contributed by atoms with van der Waals surface area (Å²) in [6.07, 6.45) is -2.16. The van der Waals surface area contributed by atoms with Crippen LogP contribution in [0.4, 0.5) is 5.69 Å². The number of primary amides is 1. The van der Waals surface area contributed by atoms with E-state index in [-0.39, 0.29) is 11.3 Å². The van der Waals surface area contributed by atoms with Gasteiger partial charge in [0.2, 0.25) is 5.78 Å². The van der Waals surface area contributed by atoms with Gasteiger partial charge < -0.3 is 37.0 Å². The number of phenols is 1. The Morgan fingerprint density at radius 2 is 1.83 bits per heavy atom. The first-order valence-electron chi connectivity index (χ1n) is 9.21. The predicted octanol–water partition coefficient (Wildman–Crippen LogP) is -0.462. The number of nitrogens with two attached hydrogens (primary N) is 2. The Labute approximate surface area is 169 Å². The van der Waals surface area contributed by atoms with E-state index in [0.717, 1.165) is 0 Å². The quantitative estimate of drug-likeness (QED) is 0.179. The Morgan fingerprint density at radius 1 is 1.20 bits per heavy atom. The van der Waals surface area contributed by atoms with Crippen LogP contribution >= 0.6 is 0 Å². The zero-order valence-corrected chi connectivity index (χ0v) is 15.8. The van der Waals surface area contributed by atoms with E-state index in [2.05, 4.69) is 0 Å². The van der Waals surface area contributed by atoms with Crippen molar-refractivity contribution in [1.29, 1.82) is 0 Å². The van der Waals surface area contributed by atoms with Gasteiger partial charge in [0.15, 0.2) is 11.4 Å². The van der Waals surface area contributed by atoms with Crippen LogP contribution in [0.3, 0.4) is 0 Å². The predicted molar refractivity (Wildman–Crippen MR) is 102 cm³/mol. The number of phenolic OH excluding ortho intramolecular Hbond substituents is 1. The number of ketones is 2. The summed E-state index contributed by atoms with van der Waals surface area (Å²) in [6.45, 7) is 1.64. The molecule has 0 bridgehead atoms. The zero-order chi connectivity index (χ0) is 22.3.